The lowest BCUT2D eigenvalue weighted by atomic mass is 10.1. The van der Waals surface area contributed by atoms with E-state index in [4.69, 9.17) is 14.1 Å². The Labute approximate surface area is 208 Å². The first kappa shape index (κ1) is 26.0. The van der Waals surface area contributed by atoms with E-state index in [1.165, 1.54) is 11.8 Å². The van der Waals surface area contributed by atoms with Crippen LogP contribution in [-0.2, 0) is 6.42 Å². The number of ether oxygens (including phenoxy) is 1. The summed E-state index contributed by atoms with van der Waals surface area (Å²) < 4.78 is 11.0. The largest absolute Gasteiger partial charge is 0.493 e. The molecule has 0 unspecified atom stereocenters. The van der Waals surface area contributed by atoms with E-state index >= 15 is 0 Å². The van der Waals surface area contributed by atoms with E-state index in [1.54, 1.807) is 12.1 Å². The highest BCUT2D eigenvalue weighted by molar-refractivity contribution is 14.0. The molecule has 1 aromatic heterocycles. The SMILES string of the molecule is CCNC(=NCCc1ccc(OCC(C)C)cc1)N1CCN(C(=O)c2ccco2)CC1.I. The molecule has 32 heavy (non-hydrogen) atoms. The van der Waals surface area contributed by atoms with E-state index in [0.717, 1.165) is 44.4 Å². The minimum atomic E-state index is -0.0487. The van der Waals surface area contributed by atoms with Crippen LogP contribution in [0, 0.1) is 5.92 Å². The third kappa shape index (κ3) is 7.72. The van der Waals surface area contributed by atoms with Crippen molar-refractivity contribution in [2.45, 2.75) is 27.2 Å². The molecule has 2 aromatic rings. The number of furan rings is 1. The molecule has 0 bridgehead atoms. The molecule has 0 saturated carbocycles. The van der Waals surface area contributed by atoms with Crippen LogP contribution in [0.1, 0.15) is 36.9 Å². The monoisotopic (exact) mass is 554 g/mol. The average molecular weight is 554 g/mol. The zero-order valence-corrected chi connectivity index (χ0v) is 21.6. The van der Waals surface area contributed by atoms with Crippen LogP contribution in [0.5, 0.6) is 5.75 Å². The number of benzene rings is 1. The maximum absolute atomic E-state index is 12.4. The summed E-state index contributed by atoms with van der Waals surface area (Å²) in [5.41, 5.74) is 1.24. The first-order chi connectivity index (χ1) is 15.1. The van der Waals surface area contributed by atoms with Gasteiger partial charge >= 0.3 is 0 Å². The summed E-state index contributed by atoms with van der Waals surface area (Å²) in [6, 6.07) is 11.7. The molecule has 0 atom stereocenters. The summed E-state index contributed by atoms with van der Waals surface area (Å²) in [4.78, 5) is 21.3. The van der Waals surface area contributed by atoms with Gasteiger partial charge in [0.25, 0.3) is 5.91 Å². The molecule has 2 heterocycles. The van der Waals surface area contributed by atoms with E-state index in [1.807, 2.05) is 17.0 Å². The van der Waals surface area contributed by atoms with E-state index in [9.17, 15) is 4.79 Å². The quantitative estimate of drug-likeness (QED) is 0.305. The standard InChI is InChI=1S/C24H34N4O3.HI/c1-4-25-24(26-12-11-20-7-9-21(10-8-20)31-18-19(2)3)28-15-13-27(14-16-28)23(29)22-6-5-17-30-22;/h5-10,17,19H,4,11-16,18H2,1-3H3,(H,25,26);1H. The van der Waals surface area contributed by atoms with Gasteiger partial charge in [0.15, 0.2) is 11.7 Å². The summed E-state index contributed by atoms with van der Waals surface area (Å²) in [7, 11) is 0. The van der Waals surface area contributed by atoms with E-state index in [2.05, 4.69) is 43.1 Å². The highest BCUT2D eigenvalue weighted by Gasteiger charge is 2.25. The normalized spacial score (nSPS) is 14.3. The lowest BCUT2D eigenvalue weighted by Gasteiger charge is -2.36. The Balaban J connectivity index is 0.00000363. The molecule has 1 amide bonds. The summed E-state index contributed by atoms with van der Waals surface area (Å²) >= 11 is 0. The molecule has 1 N–H and O–H groups in total. The Hall–Kier alpha value is -2.23. The van der Waals surface area contributed by atoms with Gasteiger partial charge in [-0.1, -0.05) is 26.0 Å². The van der Waals surface area contributed by atoms with Crippen LogP contribution in [-0.4, -0.2) is 67.5 Å². The number of rotatable bonds is 8. The molecule has 1 saturated heterocycles. The third-order valence-corrected chi connectivity index (χ3v) is 5.10. The maximum Gasteiger partial charge on any atom is 0.289 e. The van der Waals surface area contributed by atoms with Crippen LogP contribution in [0.3, 0.4) is 0 Å². The van der Waals surface area contributed by atoms with Crippen LogP contribution in [0.2, 0.25) is 0 Å². The van der Waals surface area contributed by atoms with Crippen LogP contribution in [0.25, 0.3) is 0 Å². The second-order valence-corrected chi connectivity index (χ2v) is 8.09. The Bertz CT molecular complexity index is 829. The van der Waals surface area contributed by atoms with E-state index < -0.39 is 0 Å². The van der Waals surface area contributed by atoms with Crippen molar-refractivity contribution in [2.24, 2.45) is 10.9 Å². The average Bonchev–Trinajstić information content (AvgIpc) is 3.32. The zero-order chi connectivity index (χ0) is 22.1. The fourth-order valence-electron chi connectivity index (χ4n) is 3.41. The molecule has 1 aliphatic rings. The minimum absolute atomic E-state index is 0. The number of nitrogens with one attached hydrogen (secondary N) is 1. The first-order valence-corrected chi connectivity index (χ1v) is 11.1. The zero-order valence-electron chi connectivity index (χ0n) is 19.3. The summed E-state index contributed by atoms with van der Waals surface area (Å²) in [5.74, 6) is 2.69. The molecule has 176 valence electrons. The van der Waals surface area contributed by atoms with Gasteiger partial charge in [-0.15, -0.1) is 24.0 Å². The summed E-state index contributed by atoms with van der Waals surface area (Å²) in [5, 5.41) is 3.38. The fraction of sp³-hybridized carbons (Fsp3) is 0.500. The predicted octanol–water partition coefficient (Wildman–Crippen LogP) is 3.90. The van der Waals surface area contributed by atoms with Gasteiger partial charge in [0, 0.05) is 39.3 Å². The van der Waals surface area contributed by atoms with Crippen molar-refractivity contribution in [2.75, 3.05) is 45.9 Å². The molecule has 0 aliphatic carbocycles. The van der Waals surface area contributed by atoms with Crippen molar-refractivity contribution < 1.29 is 13.9 Å². The van der Waals surface area contributed by atoms with Gasteiger partial charge in [0.1, 0.15) is 5.75 Å². The van der Waals surface area contributed by atoms with Crippen LogP contribution in [0.4, 0.5) is 0 Å². The number of halogens is 1. The molecule has 3 rings (SSSR count). The second-order valence-electron chi connectivity index (χ2n) is 8.09. The highest BCUT2D eigenvalue weighted by atomic mass is 127. The number of hydrogen-bond donors (Lipinski definition) is 1. The molecule has 7 nitrogen and oxygen atoms in total. The van der Waals surface area contributed by atoms with Crippen molar-refractivity contribution in [1.29, 1.82) is 0 Å². The number of piperazine rings is 1. The van der Waals surface area contributed by atoms with Crippen molar-refractivity contribution in [3.63, 3.8) is 0 Å². The van der Waals surface area contributed by atoms with E-state index in [0.29, 0.717) is 31.3 Å². The van der Waals surface area contributed by atoms with E-state index in [-0.39, 0.29) is 29.9 Å². The Morgan fingerprint density at radius 3 is 2.41 bits per heavy atom. The molecule has 1 fully saturated rings. The highest BCUT2D eigenvalue weighted by Crippen LogP contribution is 2.14. The van der Waals surface area contributed by atoms with Gasteiger partial charge < -0.3 is 24.3 Å². The molecule has 0 radical (unpaired) electrons. The number of guanidine groups is 1. The predicted molar refractivity (Wildman–Crippen MR) is 138 cm³/mol. The third-order valence-electron chi connectivity index (χ3n) is 5.10. The lowest BCUT2D eigenvalue weighted by Crippen LogP contribution is -2.53. The Morgan fingerprint density at radius 2 is 1.81 bits per heavy atom. The Kier molecular flexibility index (Phi) is 10.9. The summed E-state index contributed by atoms with van der Waals surface area (Å²) in [6.07, 6.45) is 2.40. The second kappa shape index (κ2) is 13.3. The maximum atomic E-state index is 12.4. The number of aliphatic imine (C=N–C) groups is 1. The number of hydrogen-bond acceptors (Lipinski definition) is 4. The first-order valence-electron chi connectivity index (χ1n) is 11.1. The van der Waals surface area contributed by atoms with Crippen LogP contribution < -0.4 is 10.1 Å². The molecule has 1 aromatic carbocycles. The van der Waals surface area contributed by atoms with Gasteiger partial charge in [-0.2, -0.15) is 0 Å². The molecular weight excluding hydrogens is 519 g/mol. The molecule has 0 spiro atoms. The van der Waals surface area contributed by atoms with Crippen molar-refractivity contribution in [3.05, 3.63) is 54.0 Å². The molecule has 1 aliphatic heterocycles. The minimum Gasteiger partial charge on any atom is -0.493 e. The molecule has 8 heteroatoms. The number of carbonyl (C=O) groups excluding carboxylic acids is 1. The smallest absolute Gasteiger partial charge is 0.289 e. The Morgan fingerprint density at radius 1 is 1.12 bits per heavy atom. The van der Waals surface area contributed by atoms with Gasteiger partial charge in [0.2, 0.25) is 0 Å². The van der Waals surface area contributed by atoms with Gasteiger partial charge in [-0.25, -0.2) is 0 Å². The van der Waals surface area contributed by atoms with Crippen molar-refractivity contribution >= 4 is 35.8 Å². The fourth-order valence-corrected chi connectivity index (χ4v) is 3.41. The lowest BCUT2D eigenvalue weighted by molar-refractivity contribution is 0.0657. The van der Waals surface area contributed by atoms with Crippen LogP contribution in [0.15, 0.2) is 52.1 Å². The van der Waals surface area contributed by atoms with Crippen molar-refractivity contribution in [3.8, 4) is 5.75 Å². The summed E-state index contributed by atoms with van der Waals surface area (Å²) in [6.45, 7) is 11.4. The van der Waals surface area contributed by atoms with Crippen LogP contribution >= 0.6 is 24.0 Å². The number of nitrogens with zero attached hydrogens (tertiary/aromatic N) is 3. The number of carbonyl (C=O) groups is 1. The van der Waals surface area contributed by atoms with Gasteiger partial charge in [-0.3, -0.25) is 9.79 Å². The van der Waals surface area contributed by atoms with Crippen molar-refractivity contribution in [1.82, 2.24) is 15.1 Å². The topological polar surface area (TPSA) is 70.3 Å². The van der Waals surface area contributed by atoms with Gasteiger partial charge in [0.05, 0.1) is 12.9 Å². The van der Waals surface area contributed by atoms with Gasteiger partial charge in [-0.05, 0) is 49.1 Å². The molecular formula is C24H35IN4O3. The number of amides is 1.